The molecule has 0 spiro atoms. The number of benzene rings is 1. The van der Waals surface area contributed by atoms with Crippen LogP contribution in [0.5, 0.6) is 0 Å². The summed E-state index contributed by atoms with van der Waals surface area (Å²) in [4.78, 5) is 7.07. The van der Waals surface area contributed by atoms with Crippen LogP contribution in [-0.4, -0.2) is 17.6 Å². The Morgan fingerprint density at radius 2 is 2.05 bits per heavy atom. The minimum atomic E-state index is 0.666. The van der Waals surface area contributed by atoms with Gasteiger partial charge in [0.2, 0.25) is 0 Å². The molecular formula is C17H18ClN3. The van der Waals surface area contributed by atoms with Crippen LogP contribution in [0.4, 0.5) is 11.5 Å². The highest BCUT2D eigenvalue weighted by molar-refractivity contribution is 6.31. The fraction of sp³-hybridized carbons (Fsp3) is 0.353. The largest absolute Gasteiger partial charge is 0.326 e. The first kappa shape index (κ1) is 13.1. The predicted octanol–water partition coefficient (Wildman–Crippen LogP) is 3.68. The van der Waals surface area contributed by atoms with Crippen LogP contribution < -0.4 is 10.2 Å². The van der Waals surface area contributed by atoms with Crippen LogP contribution in [-0.2, 0) is 13.0 Å². The maximum Gasteiger partial charge on any atom is 0.133 e. The fourth-order valence-electron chi connectivity index (χ4n) is 2.85. The van der Waals surface area contributed by atoms with Crippen molar-refractivity contribution in [2.75, 3.05) is 11.4 Å². The number of fused-ring (bicyclic) bond motifs is 1. The van der Waals surface area contributed by atoms with E-state index in [0.717, 1.165) is 36.0 Å². The molecule has 4 rings (SSSR count). The van der Waals surface area contributed by atoms with Crippen molar-refractivity contribution in [3.05, 3.63) is 52.7 Å². The average molecular weight is 300 g/mol. The van der Waals surface area contributed by atoms with Crippen LogP contribution in [0.2, 0.25) is 5.02 Å². The topological polar surface area (TPSA) is 28.2 Å². The van der Waals surface area contributed by atoms with Crippen molar-refractivity contribution >= 4 is 23.1 Å². The van der Waals surface area contributed by atoms with Crippen LogP contribution in [0.3, 0.4) is 0 Å². The summed E-state index contributed by atoms with van der Waals surface area (Å²) >= 11 is 6.29. The Balaban J connectivity index is 1.61. The van der Waals surface area contributed by atoms with Gasteiger partial charge in [0, 0.05) is 24.8 Å². The van der Waals surface area contributed by atoms with Gasteiger partial charge in [0.25, 0.3) is 0 Å². The smallest absolute Gasteiger partial charge is 0.133 e. The van der Waals surface area contributed by atoms with Crippen LogP contribution in [0.15, 0.2) is 36.4 Å². The van der Waals surface area contributed by atoms with Crippen LogP contribution >= 0.6 is 11.6 Å². The quantitative estimate of drug-likeness (QED) is 0.933. The third-order valence-corrected chi connectivity index (χ3v) is 4.55. The van der Waals surface area contributed by atoms with Crippen molar-refractivity contribution < 1.29 is 0 Å². The number of pyridine rings is 1. The highest BCUT2D eigenvalue weighted by Gasteiger charge is 2.23. The van der Waals surface area contributed by atoms with Gasteiger partial charge in [-0.05, 0) is 43.0 Å². The molecule has 0 amide bonds. The molecule has 108 valence electrons. The second kappa shape index (κ2) is 5.32. The molecule has 21 heavy (non-hydrogen) atoms. The predicted molar refractivity (Wildman–Crippen MR) is 86.3 cm³/mol. The normalized spacial score (nSPS) is 17.1. The second-order valence-corrected chi connectivity index (χ2v) is 6.19. The van der Waals surface area contributed by atoms with E-state index in [-0.39, 0.29) is 0 Å². The summed E-state index contributed by atoms with van der Waals surface area (Å²) in [7, 11) is 0. The average Bonchev–Trinajstić information content (AvgIpc) is 3.24. The molecule has 2 aliphatic rings. The molecule has 1 fully saturated rings. The first-order valence-electron chi connectivity index (χ1n) is 7.55. The highest BCUT2D eigenvalue weighted by atomic mass is 35.5. The standard InChI is InChI=1S/C17H18ClN3/c18-14-7-8-17(20-15(14)11-19-13-5-6-13)21-10-9-12-3-1-2-4-16(12)21/h1-4,7-8,13,19H,5-6,9-11H2. The molecule has 1 aromatic carbocycles. The van der Waals surface area contributed by atoms with E-state index in [9.17, 15) is 0 Å². The Bertz CT molecular complexity index is 667. The lowest BCUT2D eigenvalue weighted by Gasteiger charge is -2.19. The van der Waals surface area contributed by atoms with Crippen molar-refractivity contribution in [2.24, 2.45) is 0 Å². The summed E-state index contributed by atoms with van der Waals surface area (Å²) in [5.74, 6) is 0.997. The molecule has 2 heterocycles. The molecule has 1 aromatic heterocycles. The van der Waals surface area contributed by atoms with E-state index < -0.39 is 0 Å². The molecule has 1 N–H and O–H groups in total. The van der Waals surface area contributed by atoms with Crippen LogP contribution in [0.25, 0.3) is 0 Å². The zero-order chi connectivity index (χ0) is 14.2. The van der Waals surface area contributed by atoms with Gasteiger partial charge in [-0.2, -0.15) is 0 Å². The first-order valence-corrected chi connectivity index (χ1v) is 7.93. The first-order chi connectivity index (χ1) is 10.3. The molecule has 2 aromatic rings. The minimum Gasteiger partial charge on any atom is -0.326 e. The minimum absolute atomic E-state index is 0.666. The van der Waals surface area contributed by atoms with Gasteiger partial charge >= 0.3 is 0 Å². The second-order valence-electron chi connectivity index (χ2n) is 5.78. The summed E-state index contributed by atoms with van der Waals surface area (Å²) in [5.41, 5.74) is 3.62. The van der Waals surface area contributed by atoms with E-state index in [4.69, 9.17) is 16.6 Å². The zero-order valence-corrected chi connectivity index (χ0v) is 12.6. The van der Waals surface area contributed by atoms with Gasteiger partial charge in [-0.1, -0.05) is 29.8 Å². The summed E-state index contributed by atoms with van der Waals surface area (Å²) in [6.45, 7) is 1.75. The number of nitrogens with one attached hydrogen (secondary N) is 1. The lowest BCUT2D eigenvalue weighted by Crippen LogP contribution is -2.19. The molecule has 1 aliphatic carbocycles. The van der Waals surface area contributed by atoms with E-state index in [0.29, 0.717) is 6.04 Å². The third-order valence-electron chi connectivity index (χ3n) is 4.20. The number of anilines is 2. The number of para-hydroxylation sites is 1. The summed E-state index contributed by atoms with van der Waals surface area (Å²) in [6, 6.07) is 13.2. The van der Waals surface area contributed by atoms with E-state index in [1.165, 1.54) is 24.1 Å². The molecule has 0 bridgehead atoms. The molecule has 0 atom stereocenters. The van der Waals surface area contributed by atoms with Gasteiger partial charge in [-0.15, -0.1) is 0 Å². The van der Waals surface area contributed by atoms with E-state index in [1.54, 1.807) is 0 Å². The van der Waals surface area contributed by atoms with Gasteiger partial charge in [0.15, 0.2) is 0 Å². The third kappa shape index (κ3) is 2.63. The Labute approximate surface area is 129 Å². The van der Waals surface area contributed by atoms with Gasteiger partial charge in [0.1, 0.15) is 5.82 Å². The van der Waals surface area contributed by atoms with E-state index >= 15 is 0 Å². The highest BCUT2D eigenvalue weighted by Crippen LogP contribution is 2.34. The van der Waals surface area contributed by atoms with Gasteiger partial charge < -0.3 is 10.2 Å². The van der Waals surface area contributed by atoms with Crippen molar-refractivity contribution in [1.82, 2.24) is 10.3 Å². The van der Waals surface area contributed by atoms with E-state index in [2.05, 4.69) is 34.5 Å². The SMILES string of the molecule is Clc1ccc(N2CCc3ccccc32)nc1CNC1CC1. The molecule has 3 nitrogen and oxygen atoms in total. The number of halogens is 1. The molecule has 0 radical (unpaired) electrons. The lowest BCUT2D eigenvalue weighted by atomic mass is 10.2. The van der Waals surface area contributed by atoms with Crippen molar-refractivity contribution in [2.45, 2.75) is 31.8 Å². The van der Waals surface area contributed by atoms with Crippen LogP contribution in [0.1, 0.15) is 24.1 Å². The monoisotopic (exact) mass is 299 g/mol. The number of hydrogen-bond acceptors (Lipinski definition) is 3. The van der Waals surface area contributed by atoms with Gasteiger partial charge in [0.05, 0.1) is 10.7 Å². The maximum atomic E-state index is 6.29. The van der Waals surface area contributed by atoms with Crippen molar-refractivity contribution in [3.63, 3.8) is 0 Å². The number of aromatic nitrogens is 1. The van der Waals surface area contributed by atoms with Crippen molar-refractivity contribution in [1.29, 1.82) is 0 Å². The summed E-state index contributed by atoms with van der Waals surface area (Å²) < 4.78 is 0. The van der Waals surface area contributed by atoms with Crippen LogP contribution in [0, 0.1) is 0 Å². The summed E-state index contributed by atoms with van der Waals surface area (Å²) in [5, 5.41) is 4.23. The Kier molecular flexibility index (Phi) is 3.32. The van der Waals surface area contributed by atoms with Gasteiger partial charge in [-0.25, -0.2) is 4.98 Å². The number of hydrogen-bond donors (Lipinski definition) is 1. The number of nitrogens with zero attached hydrogens (tertiary/aromatic N) is 2. The molecule has 0 unspecified atom stereocenters. The van der Waals surface area contributed by atoms with E-state index in [1.807, 2.05) is 12.1 Å². The zero-order valence-electron chi connectivity index (χ0n) is 11.8. The maximum absolute atomic E-state index is 6.29. The van der Waals surface area contributed by atoms with Crippen molar-refractivity contribution in [3.8, 4) is 0 Å². The fourth-order valence-corrected chi connectivity index (χ4v) is 3.02. The summed E-state index contributed by atoms with van der Waals surface area (Å²) in [6.07, 6.45) is 3.63. The molecule has 4 heteroatoms. The Morgan fingerprint density at radius 1 is 1.19 bits per heavy atom. The molecular weight excluding hydrogens is 282 g/mol. The number of rotatable bonds is 4. The Hall–Kier alpha value is -1.58. The molecule has 1 saturated carbocycles. The molecule has 0 saturated heterocycles. The van der Waals surface area contributed by atoms with Gasteiger partial charge in [-0.3, -0.25) is 0 Å². The lowest BCUT2D eigenvalue weighted by molar-refractivity contribution is 0.674. The molecule has 1 aliphatic heterocycles. The Morgan fingerprint density at radius 3 is 2.90 bits per heavy atom.